The van der Waals surface area contributed by atoms with Crippen LogP contribution < -0.4 is 0 Å². The van der Waals surface area contributed by atoms with Gasteiger partial charge in [-0.15, -0.1) is 19.4 Å². The fourth-order valence-corrected chi connectivity index (χ4v) is 2.68. The molecule has 0 aliphatic heterocycles. The van der Waals surface area contributed by atoms with Crippen molar-refractivity contribution in [1.29, 1.82) is 0 Å². The van der Waals surface area contributed by atoms with Crippen LogP contribution in [0.4, 0.5) is 0 Å². The van der Waals surface area contributed by atoms with Gasteiger partial charge in [0.1, 0.15) is 17.6 Å². The lowest BCUT2D eigenvalue weighted by Gasteiger charge is -2.13. The van der Waals surface area contributed by atoms with Crippen molar-refractivity contribution in [2.45, 2.75) is 59.3 Å². The van der Waals surface area contributed by atoms with Gasteiger partial charge in [0.05, 0.1) is 0 Å². The Morgan fingerprint density at radius 2 is 1.96 bits per heavy atom. The number of carbonyl (C=O) groups excluding carboxylic acids is 1. The second-order valence-electron chi connectivity index (χ2n) is 5.96. The number of furan rings is 1. The number of rotatable bonds is 7. The fraction of sp³-hybridized carbons (Fsp3) is 0.375. The zero-order chi connectivity index (χ0) is 19.9. The predicted octanol–water partition coefficient (Wildman–Crippen LogP) is 7.16. The molecule has 2 heteroatoms. The quantitative estimate of drug-likeness (QED) is 0.300. The normalized spacial score (nSPS) is 11.5. The number of aldehydes is 1. The molecular formula is C24H32O2. The molecule has 0 aliphatic carbocycles. The van der Waals surface area contributed by atoms with Crippen molar-refractivity contribution in [3.05, 3.63) is 54.3 Å². The van der Waals surface area contributed by atoms with E-state index in [0.717, 1.165) is 17.6 Å². The number of benzene rings is 1. The molecule has 26 heavy (non-hydrogen) atoms. The SMILES string of the molecule is C#C.C/C=C(\C)c1cc2cc(C(CC)CCC)ccc2o1.C=CCC=O. The number of fused-ring (bicyclic) bond motifs is 1. The first-order valence-electron chi connectivity index (χ1n) is 9.15. The van der Waals surface area contributed by atoms with Crippen molar-refractivity contribution < 1.29 is 9.21 Å². The minimum absolute atomic E-state index is 0.472. The Morgan fingerprint density at radius 3 is 2.42 bits per heavy atom. The third-order valence-electron chi connectivity index (χ3n) is 4.23. The number of hydrogen-bond donors (Lipinski definition) is 0. The molecule has 1 aromatic heterocycles. The minimum Gasteiger partial charge on any atom is -0.456 e. The predicted molar refractivity (Wildman–Crippen MR) is 114 cm³/mol. The molecule has 0 N–H and O–H groups in total. The summed E-state index contributed by atoms with van der Waals surface area (Å²) >= 11 is 0. The highest BCUT2D eigenvalue weighted by Crippen LogP contribution is 2.30. The molecule has 140 valence electrons. The third kappa shape index (κ3) is 7.15. The van der Waals surface area contributed by atoms with Gasteiger partial charge in [-0.1, -0.05) is 38.5 Å². The highest BCUT2D eigenvalue weighted by molar-refractivity contribution is 5.82. The van der Waals surface area contributed by atoms with Crippen molar-refractivity contribution in [3.8, 4) is 12.8 Å². The number of terminal acetylenes is 1. The molecule has 2 nitrogen and oxygen atoms in total. The monoisotopic (exact) mass is 352 g/mol. The molecule has 2 aromatic rings. The van der Waals surface area contributed by atoms with Gasteiger partial charge in [0.25, 0.3) is 0 Å². The molecule has 1 atom stereocenters. The summed E-state index contributed by atoms with van der Waals surface area (Å²) in [5.41, 5.74) is 3.63. The van der Waals surface area contributed by atoms with Crippen LogP contribution in [0.2, 0.25) is 0 Å². The molecule has 1 unspecified atom stereocenters. The summed E-state index contributed by atoms with van der Waals surface area (Å²) in [5, 5.41) is 1.23. The Hall–Kier alpha value is -2.53. The first-order chi connectivity index (χ1) is 12.6. The van der Waals surface area contributed by atoms with Gasteiger partial charge in [0.2, 0.25) is 0 Å². The van der Waals surface area contributed by atoms with Crippen LogP contribution in [0.25, 0.3) is 16.5 Å². The molecule has 0 fully saturated rings. The zero-order valence-corrected chi connectivity index (χ0v) is 16.6. The maximum atomic E-state index is 9.33. The van der Waals surface area contributed by atoms with E-state index in [9.17, 15) is 4.79 Å². The van der Waals surface area contributed by atoms with Crippen LogP contribution in [0, 0.1) is 12.8 Å². The van der Waals surface area contributed by atoms with Gasteiger partial charge in [-0.05, 0) is 61.9 Å². The first-order valence-corrected chi connectivity index (χ1v) is 9.15. The molecule has 0 spiro atoms. The van der Waals surface area contributed by atoms with Gasteiger partial charge in [-0.3, -0.25) is 0 Å². The summed E-state index contributed by atoms with van der Waals surface area (Å²) in [4.78, 5) is 9.33. The Kier molecular flexibility index (Phi) is 12.4. The summed E-state index contributed by atoms with van der Waals surface area (Å²) in [6, 6.07) is 8.81. The van der Waals surface area contributed by atoms with Gasteiger partial charge >= 0.3 is 0 Å². The van der Waals surface area contributed by atoms with Crippen LogP contribution in [-0.4, -0.2) is 6.29 Å². The second kappa shape index (κ2) is 13.7. The summed E-state index contributed by atoms with van der Waals surface area (Å²) < 4.78 is 5.88. The second-order valence-corrected chi connectivity index (χ2v) is 5.96. The highest BCUT2D eigenvalue weighted by Gasteiger charge is 2.11. The van der Waals surface area contributed by atoms with Gasteiger partial charge in [0.15, 0.2) is 0 Å². The van der Waals surface area contributed by atoms with Crippen molar-refractivity contribution in [3.63, 3.8) is 0 Å². The lowest BCUT2D eigenvalue weighted by Crippen LogP contribution is -1.96. The average molecular weight is 353 g/mol. The van der Waals surface area contributed by atoms with Crippen LogP contribution in [0.15, 0.2) is 47.4 Å². The maximum Gasteiger partial charge on any atom is 0.134 e. The van der Waals surface area contributed by atoms with Crippen LogP contribution in [0.1, 0.15) is 70.6 Å². The lowest BCUT2D eigenvalue weighted by molar-refractivity contribution is -0.107. The number of hydrogen-bond acceptors (Lipinski definition) is 2. The van der Waals surface area contributed by atoms with Crippen molar-refractivity contribution in [2.24, 2.45) is 0 Å². The van der Waals surface area contributed by atoms with Crippen LogP contribution in [-0.2, 0) is 4.79 Å². The topological polar surface area (TPSA) is 30.2 Å². The van der Waals surface area contributed by atoms with Crippen LogP contribution >= 0.6 is 0 Å². The van der Waals surface area contributed by atoms with E-state index in [1.165, 1.54) is 35.8 Å². The Bertz CT molecular complexity index is 710. The smallest absolute Gasteiger partial charge is 0.134 e. The Balaban J connectivity index is 0.000000772. The van der Waals surface area contributed by atoms with Gasteiger partial charge in [-0.2, -0.15) is 0 Å². The van der Waals surface area contributed by atoms with Crippen molar-refractivity contribution in [1.82, 2.24) is 0 Å². The van der Waals surface area contributed by atoms with Gasteiger partial charge < -0.3 is 9.21 Å². The van der Waals surface area contributed by atoms with E-state index in [0.29, 0.717) is 12.3 Å². The van der Waals surface area contributed by atoms with Crippen molar-refractivity contribution in [2.75, 3.05) is 0 Å². The van der Waals surface area contributed by atoms with Crippen molar-refractivity contribution >= 4 is 22.8 Å². The van der Waals surface area contributed by atoms with E-state index in [4.69, 9.17) is 4.42 Å². The molecule has 0 amide bonds. The Labute approximate surface area is 159 Å². The molecule has 0 bridgehead atoms. The maximum absolute atomic E-state index is 9.33. The first kappa shape index (κ1) is 23.5. The molecule has 0 radical (unpaired) electrons. The summed E-state index contributed by atoms with van der Waals surface area (Å²) in [6.07, 6.45) is 16.6. The Morgan fingerprint density at radius 1 is 1.27 bits per heavy atom. The van der Waals surface area contributed by atoms with Gasteiger partial charge in [-0.25, -0.2) is 0 Å². The molecule has 0 aliphatic rings. The zero-order valence-electron chi connectivity index (χ0n) is 16.6. The average Bonchev–Trinajstić information content (AvgIpc) is 3.11. The minimum atomic E-state index is 0.472. The number of carbonyl (C=O) groups is 1. The lowest BCUT2D eigenvalue weighted by atomic mass is 9.91. The molecular weight excluding hydrogens is 320 g/mol. The fourth-order valence-electron chi connectivity index (χ4n) is 2.68. The van der Waals surface area contributed by atoms with Gasteiger partial charge in [0, 0.05) is 11.8 Å². The standard InChI is InChI=1S/C18H24O.C4H6O.C2H2/c1-5-8-14(7-3)15-9-10-17-16(11-15)12-18(19-17)13(4)6-2;1-2-3-4-5;1-2/h6,9-12,14H,5,7-8H2,1-4H3;2,4H,1,3H2;1-2H/b13-6+;;. The van der Waals surface area contributed by atoms with E-state index in [-0.39, 0.29) is 0 Å². The largest absolute Gasteiger partial charge is 0.456 e. The highest BCUT2D eigenvalue weighted by atomic mass is 16.3. The van der Waals surface area contributed by atoms with Crippen LogP contribution in [0.5, 0.6) is 0 Å². The van der Waals surface area contributed by atoms with E-state index in [1.54, 1.807) is 6.08 Å². The van der Waals surface area contributed by atoms with E-state index < -0.39 is 0 Å². The van der Waals surface area contributed by atoms with Crippen LogP contribution in [0.3, 0.4) is 0 Å². The number of allylic oxidation sites excluding steroid dienone is 3. The summed E-state index contributed by atoms with van der Waals surface area (Å²) in [6.45, 7) is 12.0. The third-order valence-corrected chi connectivity index (χ3v) is 4.23. The molecule has 1 heterocycles. The summed E-state index contributed by atoms with van der Waals surface area (Å²) in [7, 11) is 0. The van der Waals surface area contributed by atoms with E-state index >= 15 is 0 Å². The molecule has 2 rings (SSSR count). The molecule has 0 saturated heterocycles. The molecule has 1 aromatic carbocycles. The van der Waals surface area contributed by atoms with E-state index in [1.807, 2.05) is 6.92 Å². The summed E-state index contributed by atoms with van der Waals surface area (Å²) in [5.74, 6) is 1.66. The molecule has 0 saturated carbocycles. The van der Waals surface area contributed by atoms with E-state index in [2.05, 4.69) is 70.5 Å².